The third-order valence-electron chi connectivity index (χ3n) is 3.76. The van der Waals surface area contributed by atoms with Gasteiger partial charge in [-0.2, -0.15) is 0 Å². The molecule has 1 saturated heterocycles. The van der Waals surface area contributed by atoms with Crippen LogP contribution in [-0.4, -0.2) is 38.6 Å². The molecule has 1 atom stereocenters. The molecule has 1 unspecified atom stereocenters. The van der Waals surface area contributed by atoms with Crippen molar-refractivity contribution < 1.29 is 0 Å². The van der Waals surface area contributed by atoms with Gasteiger partial charge in [-0.1, -0.05) is 13.8 Å². The number of nitrogens with one attached hydrogen (secondary N) is 1. The SMILES string of the molecule is CC(C)C(CCN(C)C)C1CCNCC1. The molecule has 1 aliphatic heterocycles. The number of nitrogens with zero attached hydrogens (tertiary/aromatic N) is 1. The Morgan fingerprint density at radius 3 is 2.27 bits per heavy atom. The van der Waals surface area contributed by atoms with Crippen molar-refractivity contribution in [1.82, 2.24) is 10.2 Å². The first-order valence-corrected chi connectivity index (χ1v) is 6.46. The van der Waals surface area contributed by atoms with Crippen LogP contribution in [0.3, 0.4) is 0 Å². The molecule has 0 bridgehead atoms. The summed E-state index contributed by atoms with van der Waals surface area (Å²) in [7, 11) is 4.36. The number of piperidine rings is 1. The Balaban J connectivity index is 2.41. The predicted octanol–water partition coefficient (Wildman–Crippen LogP) is 2.21. The van der Waals surface area contributed by atoms with Gasteiger partial charge in [-0.3, -0.25) is 0 Å². The van der Waals surface area contributed by atoms with Crippen LogP contribution < -0.4 is 5.32 Å². The minimum absolute atomic E-state index is 0.841. The van der Waals surface area contributed by atoms with Gasteiger partial charge < -0.3 is 10.2 Å². The molecule has 1 aliphatic rings. The van der Waals surface area contributed by atoms with Crippen LogP contribution in [0.5, 0.6) is 0 Å². The fourth-order valence-corrected chi connectivity index (χ4v) is 2.79. The lowest BCUT2D eigenvalue weighted by Crippen LogP contribution is -2.34. The van der Waals surface area contributed by atoms with E-state index in [1.807, 2.05) is 0 Å². The summed E-state index contributed by atoms with van der Waals surface area (Å²) in [5.74, 6) is 2.73. The Kier molecular flexibility index (Phi) is 5.62. The molecular weight excluding hydrogens is 184 g/mol. The highest BCUT2D eigenvalue weighted by atomic mass is 15.0. The van der Waals surface area contributed by atoms with Crippen molar-refractivity contribution in [3.63, 3.8) is 0 Å². The minimum Gasteiger partial charge on any atom is -0.317 e. The topological polar surface area (TPSA) is 15.3 Å². The standard InChI is InChI=1S/C13H28N2/c1-11(2)13(7-10-15(3)4)12-5-8-14-9-6-12/h11-14H,5-10H2,1-4H3. The fraction of sp³-hybridized carbons (Fsp3) is 1.00. The van der Waals surface area contributed by atoms with Crippen LogP contribution >= 0.6 is 0 Å². The summed E-state index contributed by atoms with van der Waals surface area (Å²) in [5.41, 5.74) is 0. The monoisotopic (exact) mass is 212 g/mol. The lowest BCUT2D eigenvalue weighted by molar-refractivity contribution is 0.177. The van der Waals surface area contributed by atoms with E-state index in [9.17, 15) is 0 Å². The average molecular weight is 212 g/mol. The van der Waals surface area contributed by atoms with Crippen LogP contribution in [0, 0.1) is 17.8 Å². The highest BCUT2D eigenvalue weighted by Gasteiger charge is 2.25. The third kappa shape index (κ3) is 4.52. The zero-order valence-corrected chi connectivity index (χ0v) is 10.9. The molecule has 1 fully saturated rings. The molecule has 0 aromatic heterocycles. The van der Waals surface area contributed by atoms with Crippen molar-refractivity contribution >= 4 is 0 Å². The highest BCUT2D eigenvalue weighted by molar-refractivity contribution is 4.78. The Hall–Kier alpha value is -0.0800. The maximum atomic E-state index is 3.46. The van der Waals surface area contributed by atoms with E-state index in [-0.39, 0.29) is 0 Å². The molecule has 1 heterocycles. The van der Waals surface area contributed by atoms with Crippen molar-refractivity contribution in [2.24, 2.45) is 17.8 Å². The quantitative estimate of drug-likeness (QED) is 0.751. The summed E-state index contributed by atoms with van der Waals surface area (Å²) in [4.78, 5) is 2.32. The van der Waals surface area contributed by atoms with Crippen LogP contribution in [-0.2, 0) is 0 Å². The lowest BCUT2D eigenvalue weighted by Gasteiger charge is -2.34. The molecule has 0 spiro atoms. The van der Waals surface area contributed by atoms with Crippen molar-refractivity contribution in [3.8, 4) is 0 Å². The molecule has 1 N–H and O–H groups in total. The van der Waals surface area contributed by atoms with E-state index in [2.05, 4.69) is 38.2 Å². The van der Waals surface area contributed by atoms with Gasteiger partial charge in [-0.25, -0.2) is 0 Å². The van der Waals surface area contributed by atoms with E-state index in [0.29, 0.717) is 0 Å². The Labute approximate surface area is 95.4 Å². The van der Waals surface area contributed by atoms with Gasteiger partial charge in [0.25, 0.3) is 0 Å². The van der Waals surface area contributed by atoms with Gasteiger partial charge in [-0.05, 0) is 70.7 Å². The molecule has 0 amide bonds. The van der Waals surface area contributed by atoms with Gasteiger partial charge in [0.15, 0.2) is 0 Å². The number of hydrogen-bond donors (Lipinski definition) is 1. The molecule has 0 aromatic rings. The summed E-state index contributed by atoms with van der Waals surface area (Å²) < 4.78 is 0. The first-order valence-electron chi connectivity index (χ1n) is 6.46. The van der Waals surface area contributed by atoms with Crippen LogP contribution in [0.2, 0.25) is 0 Å². The first kappa shape index (κ1) is 13.0. The first-order chi connectivity index (χ1) is 7.11. The molecule has 15 heavy (non-hydrogen) atoms. The van der Waals surface area contributed by atoms with Crippen LogP contribution in [0.1, 0.15) is 33.1 Å². The Morgan fingerprint density at radius 2 is 1.80 bits per heavy atom. The van der Waals surface area contributed by atoms with Crippen molar-refractivity contribution in [2.75, 3.05) is 33.7 Å². The molecule has 0 saturated carbocycles. The van der Waals surface area contributed by atoms with Gasteiger partial charge in [0, 0.05) is 0 Å². The Morgan fingerprint density at radius 1 is 1.20 bits per heavy atom. The summed E-state index contributed by atoms with van der Waals surface area (Å²) in [6.07, 6.45) is 4.14. The van der Waals surface area contributed by atoms with E-state index in [4.69, 9.17) is 0 Å². The molecule has 0 aromatic carbocycles. The van der Waals surface area contributed by atoms with Crippen molar-refractivity contribution in [1.29, 1.82) is 0 Å². The van der Waals surface area contributed by atoms with Crippen molar-refractivity contribution in [2.45, 2.75) is 33.1 Å². The summed E-state index contributed by atoms with van der Waals surface area (Å²) >= 11 is 0. The number of hydrogen-bond acceptors (Lipinski definition) is 2. The van der Waals surface area contributed by atoms with E-state index in [0.717, 1.165) is 17.8 Å². The maximum absolute atomic E-state index is 3.46. The van der Waals surface area contributed by atoms with Crippen LogP contribution in [0.25, 0.3) is 0 Å². The van der Waals surface area contributed by atoms with Gasteiger partial charge in [0.05, 0.1) is 0 Å². The molecular formula is C13H28N2. The zero-order valence-electron chi connectivity index (χ0n) is 10.9. The average Bonchev–Trinajstić information content (AvgIpc) is 2.18. The zero-order chi connectivity index (χ0) is 11.3. The van der Waals surface area contributed by atoms with Crippen LogP contribution in [0.4, 0.5) is 0 Å². The summed E-state index contributed by atoms with van der Waals surface area (Å²) in [5, 5.41) is 3.46. The lowest BCUT2D eigenvalue weighted by atomic mass is 9.76. The number of rotatable bonds is 5. The third-order valence-corrected chi connectivity index (χ3v) is 3.76. The van der Waals surface area contributed by atoms with Gasteiger partial charge in [0.1, 0.15) is 0 Å². The van der Waals surface area contributed by atoms with Crippen LogP contribution in [0.15, 0.2) is 0 Å². The minimum atomic E-state index is 0.841. The molecule has 2 heteroatoms. The Bertz CT molecular complexity index is 160. The van der Waals surface area contributed by atoms with Gasteiger partial charge in [-0.15, -0.1) is 0 Å². The van der Waals surface area contributed by atoms with Gasteiger partial charge >= 0.3 is 0 Å². The second-order valence-electron chi connectivity index (χ2n) is 5.59. The molecule has 0 radical (unpaired) electrons. The fourth-order valence-electron chi connectivity index (χ4n) is 2.79. The largest absolute Gasteiger partial charge is 0.317 e. The van der Waals surface area contributed by atoms with E-state index >= 15 is 0 Å². The molecule has 90 valence electrons. The van der Waals surface area contributed by atoms with E-state index in [1.54, 1.807) is 0 Å². The maximum Gasteiger partial charge on any atom is -0.00220 e. The molecule has 1 rings (SSSR count). The second-order valence-corrected chi connectivity index (χ2v) is 5.59. The predicted molar refractivity (Wildman–Crippen MR) is 67.1 cm³/mol. The van der Waals surface area contributed by atoms with Gasteiger partial charge in [0.2, 0.25) is 0 Å². The summed E-state index contributed by atoms with van der Waals surface area (Å²) in [6.45, 7) is 8.49. The van der Waals surface area contributed by atoms with Crippen molar-refractivity contribution in [3.05, 3.63) is 0 Å². The van der Waals surface area contributed by atoms with E-state index < -0.39 is 0 Å². The normalized spacial score (nSPS) is 21.2. The van der Waals surface area contributed by atoms with E-state index in [1.165, 1.54) is 38.9 Å². The molecule has 2 nitrogen and oxygen atoms in total. The smallest absolute Gasteiger partial charge is 0.00220 e. The highest BCUT2D eigenvalue weighted by Crippen LogP contribution is 2.30. The second kappa shape index (κ2) is 6.49. The summed E-state index contributed by atoms with van der Waals surface area (Å²) in [6, 6.07) is 0. The molecule has 0 aliphatic carbocycles.